The molecule has 1 saturated heterocycles. The van der Waals surface area contributed by atoms with Gasteiger partial charge in [-0.1, -0.05) is 0 Å². The van der Waals surface area contributed by atoms with Crippen LogP contribution in [0.5, 0.6) is 0 Å². The average molecular weight is 257 g/mol. The third kappa shape index (κ3) is 3.68. The molecule has 2 N–H and O–H groups in total. The zero-order valence-electron chi connectivity index (χ0n) is 11.6. The predicted octanol–water partition coefficient (Wildman–Crippen LogP) is -0.541. The Kier molecular flexibility index (Phi) is 4.70. The molecule has 1 unspecified atom stereocenters. The van der Waals surface area contributed by atoms with Crippen molar-refractivity contribution in [2.45, 2.75) is 19.4 Å². The van der Waals surface area contributed by atoms with Gasteiger partial charge in [0.1, 0.15) is 0 Å². The van der Waals surface area contributed by atoms with Gasteiger partial charge in [-0.25, -0.2) is 0 Å². The molecule has 0 aromatic carbocycles. The van der Waals surface area contributed by atoms with Crippen LogP contribution in [0.3, 0.4) is 0 Å². The van der Waals surface area contributed by atoms with E-state index in [1.807, 2.05) is 19.0 Å². The average Bonchev–Trinajstić information content (AvgIpc) is 2.36. The summed E-state index contributed by atoms with van der Waals surface area (Å²) < 4.78 is 0. The van der Waals surface area contributed by atoms with Crippen molar-refractivity contribution in [3.63, 3.8) is 0 Å². The molecule has 0 saturated carbocycles. The van der Waals surface area contributed by atoms with Crippen LogP contribution in [0.2, 0.25) is 0 Å². The number of amides is 1. The third-order valence-corrected chi connectivity index (χ3v) is 3.22. The SMILES string of the molecule is CN(C)CCN1CC(C(=O)O)CNC(C)(C)C1=O. The summed E-state index contributed by atoms with van der Waals surface area (Å²) in [6.07, 6.45) is 0. The molecule has 18 heavy (non-hydrogen) atoms. The zero-order chi connectivity index (χ0) is 13.9. The van der Waals surface area contributed by atoms with Crippen LogP contribution in [0.25, 0.3) is 0 Å². The van der Waals surface area contributed by atoms with E-state index < -0.39 is 17.4 Å². The molecule has 0 aromatic heterocycles. The van der Waals surface area contributed by atoms with Gasteiger partial charge in [-0.3, -0.25) is 9.59 Å². The Morgan fingerprint density at radius 3 is 2.67 bits per heavy atom. The first-order valence-corrected chi connectivity index (χ1v) is 6.16. The van der Waals surface area contributed by atoms with Gasteiger partial charge >= 0.3 is 5.97 Å². The van der Waals surface area contributed by atoms with Gasteiger partial charge in [0.15, 0.2) is 0 Å². The van der Waals surface area contributed by atoms with Crippen molar-refractivity contribution in [3.05, 3.63) is 0 Å². The van der Waals surface area contributed by atoms with Crippen LogP contribution in [-0.4, -0.2) is 72.6 Å². The number of carboxylic acids is 1. The fraction of sp³-hybridized carbons (Fsp3) is 0.833. The van der Waals surface area contributed by atoms with E-state index in [-0.39, 0.29) is 12.5 Å². The van der Waals surface area contributed by atoms with E-state index in [4.69, 9.17) is 5.11 Å². The van der Waals surface area contributed by atoms with E-state index in [9.17, 15) is 9.59 Å². The van der Waals surface area contributed by atoms with Crippen molar-refractivity contribution in [1.82, 2.24) is 15.1 Å². The number of carbonyl (C=O) groups is 2. The minimum absolute atomic E-state index is 0.0342. The lowest BCUT2D eigenvalue weighted by molar-refractivity contribution is -0.142. The zero-order valence-corrected chi connectivity index (χ0v) is 11.6. The van der Waals surface area contributed by atoms with E-state index in [0.29, 0.717) is 13.1 Å². The quantitative estimate of drug-likeness (QED) is 0.707. The minimum Gasteiger partial charge on any atom is -0.481 e. The Balaban J connectivity index is 2.81. The molecule has 6 nitrogen and oxygen atoms in total. The lowest BCUT2D eigenvalue weighted by Gasteiger charge is -2.30. The first kappa shape index (κ1) is 14.9. The molecule has 0 radical (unpaired) electrons. The monoisotopic (exact) mass is 257 g/mol. The lowest BCUT2D eigenvalue weighted by Crippen LogP contribution is -2.52. The summed E-state index contributed by atoms with van der Waals surface area (Å²) in [5.41, 5.74) is -0.698. The number of carbonyl (C=O) groups excluding carboxylic acids is 1. The van der Waals surface area contributed by atoms with Crippen LogP contribution in [0.4, 0.5) is 0 Å². The molecule has 0 spiro atoms. The second-order valence-corrected chi connectivity index (χ2v) is 5.60. The van der Waals surface area contributed by atoms with Crippen LogP contribution in [0.15, 0.2) is 0 Å². The van der Waals surface area contributed by atoms with Crippen molar-refractivity contribution >= 4 is 11.9 Å². The van der Waals surface area contributed by atoms with E-state index in [1.54, 1.807) is 18.7 Å². The van der Waals surface area contributed by atoms with Gasteiger partial charge in [-0.15, -0.1) is 0 Å². The number of aliphatic carboxylic acids is 1. The molecule has 1 amide bonds. The van der Waals surface area contributed by atoms with Gasteiger partial charge in [0.25, 0.3) is 0 Å². The standard InChI is InChI=1S/C12H23N3O3/c1-12(2)11(18)15(6-5-14(3)4)8-9(7-13-12)10(16)17/h9,13H,5-8H2,1-4H3,(H,16,17). The van der Waals surface area contributed by atoms with Crippen LogP contribution in [0, 0.1) is 5.92 Å². The normalized spacial score (nSPS) is 24.2. The van der Waals surface area contributed by atoms with Gasteiger partial charge in [0, 0.05) is 26.2 Å². The maximum absolute atomic E-state index is 12.3. The summed E-state index contributed by atoms with van der Waals surface area (Å²) >= 11 is 0. The number of carboxylic acid groups (broad SMARTS) is 1. The van der Waals surface area contributed by atoms with Crippen LogP contribution in [0.1, 0.15) is 13.8 Å². The number of nitrogens with one attached hydrogen (secondary N) is 1. The van der Waals surface area contributed by atoms with Gasteiger partial charge in [-0.05, 0) is 27.9 Å². The highest BCUT2D eigenvalue weighted by atomic mass is 16.4. The predicted molar refractivity (Wildman–Crippen MR) is 68.3 cm³/mol. The highest BCUT2D eigenvalue weighted by Gasteiger charge is 2.38. The molecular weight excluding hydrogens is 234 g/mol. The number of rotatable bonds is 4. The molecule has 6 heteroatoms. The molecule has 1 aliphatic rings. The number of hydrogen-bond acceptors (Lipinski definition) is 4. The first-order chi connectivity index (χ1) is 8.24. The summed E-state index contributed by atoms with van der Waals surface area (Å²) in [7, 11) is 3.86. The van der Waals surface area contributed by atoms with E-state index in [0.717, 1.165) is 6.54 Å². The van der Waals surface area contributed by atoms with Crippen LogP contribution < -0.4 is 5.32 Å². The van der Waals surface area contributed by atoms with Crippen LogP contribution in [-0.2, 0) is 9.59 Å². The second-order valence-electron chi connectivity index (χ2n) is 5.60. The topological polar surface area (TPSA) is 72.9 Å². The van der Waals surface area contributed by atoms with Gasteiger partial charge in [0.2, 0.25) is 5.91 Å². The number of hydrogen-bond donors (Lipinski definition) is 2. The van der Waals surface area contributed by atoms with Crippen molar-refractivity contribution in [3.8, 4) is 0 Å². The maximum Gasteiger partial charge on any atom is 0.309 e. The molecule has 1 aliphatic heterocycles. The Morgan fingerprint density at radius 1 is 1.56 bits per heavy atom. The number of likely N-dealkylation sites (N-methyl/N-ethyl adjacent to an activating group) is 1. The molecule has 1 heterocycles. The molecule has 1 rings (SSSR count). The lowest BCUT2D eigenvalue weighted by atomic mass is 10.0. The van der Waals surface area contributed by atoms with Crippen molar-refractivity contribution in [1.29, 1.82) is 0 Å². The molecule has 0 aromatic rings. The second kappa shape index (κ2) is 5.67. The Labute approximate surface area is 108 Å². The number of nitrogens with zero attached hydrogens (tertiary/aromatic N) is 2. The molecule has 0 bridgehead atoms. The largest absolute Gasteiger partial charge is 0.481 e. The maximum atomic E-state index is 12.3. The van der Waals surface area contributed by atoms with Crippen molar-refractivity contribution < 1.29 is 14.7 Å². The molecule has 1 fully saturated rings. The Hall–Kier alpha value is -1.14. The van der Waals surface area contributed by atoms with Crippen molar-refractivity contribution in [2.24, 2.45) is 5.92 Å². The van der Waals surface area contributed by atoms with E-state index in [2.05, 4.69) is 5.32 Å². The highest BCUT2D eigenvalue weighted by Crippen LogP contribution is 2.15. The molecule has 104 valence electrons. The van der Waals surface area contributed by atoms with E-state index >= 15 is 0 Å². The third-order valence-electron chi connectivity index (χ3n) is 3.22. The highest BCUT2D eigenvalue weighted by molar-refractivity contribution is 5.86. The molecule has 0 aliphatic carbocycles. The summed E-state index contributed by atoms with van der Waals surface area (Å²) in [4.78, 5) is 27.1. The molecular formula is C12H23N3O3. The summed E-state index contributed by atoms with van der Waals surface area (Å²) in [6.45, 7) is 5.48. The fourth-order valence-electron chi connectivity index (χ4n) is 1.94. The fourth-order valence-corrected chi connectivity index (χ4v) is 1.94. The summed E-state index contributed by atoms with van der Waals surface area (Å²) in [5.74, 6) is -1.44. The smallest absolute Gasteiger partial charge is 0.309 e. The Bertz CT molecular complexity index is 329. The Morgan fingerprint density at radius 2 is 2.17 bits per heavy atom. The van der Waals surface area contributed by atoms with Gasteiger partial charge in [-0.2, -0.15) is 0 Å². The minimum atomic E-state index is -0.858. The van der Waals surface area contributed by atoms with E-state index in [1.165, 1.54) is 0 Å². The van der Waals surface area contributed by atoms with Crippen LogP contribution >= 0.6 is 0 Å². The van der Waals surface area contributed by atoms with Crippen molar-refractivity contribution in [2.75, 3.05) is 40.3 Å². The summed E-state index contributed by atoms with van der Waals surface area (Å²) in [6, 6.07) is 0. The first-order valence-electron chi connectivity index (χ1n) is 6.16. The van der Waals surface area contributed by atoms with Gasteiger partial charge < -0.3 is 20.2 Å². The summed E-state index contributed by atoms with van der Waals surface area (Å²) in [5, 5.41) is 12.2. The molecule has 1 atom stereocenters. The van der Waals surface area contributed by atoms with Gasteiger partial charge in [0.05, 0.1) is 11.5 Å².